The molecule has 1 heterocycles. The fraction of sp³-hybridized carbons (Fsp3) is 0.391. The highest BCUT2D eigenvalue weighted by atomic mass is 32.2. The fourth-order valence-corrected chi connectivity index (χ4v) is 5.08. The number of benzene rings is 2. The topological polar surface area (TPSA) is 110 Å². The van der Waals surface area contributed by atoms with Gasteiger partial charge in [-0.25, -0.2) is 8.42 Å². The van der Waals surface area contributed by atoms with Crippen molar-refractivity contribution in [1.82, 2.24) is 4.90 Å². The molecule has 8 nitrogen and oxygen atoms in total. The van der Waals surface area contributed by atoms with E-state index in [2.05, 4.69) is 0 Å². The van der Waals surface area contributed by atoms with E-state index < -0.39 is 10.0 Å². The molecule has 1 fully saturated rings. The Bertz CT molecular complexity index is 1040. The van der Waals surface area contributed by atoms with Gasteiger partial charge in [0.1, 0.15) is 12.3 Å². The molecule has 1 aliphatic rings. The van der Waals surface area contributed by atoms with Gasteiger partial charge in [-0.15, -0.1) is 0 Å². The maximum atomic E-state index is 13.5. The number of nitrogens with two attached hydrogens (primary N) is 1. The highest BCUT2D eigenvalue weighted by Gasteiger charge is 2.31. The third kappa shape index (κ3) is 5.40. The number of carbonyl (C=O) groups excluding carboxylic acids is 2. The van der Waals surface area contributed by atoms with E-state index in [0.717, 1.165) is 9.87 Å². The lowest BCUT2D eigenvalue weighted by atomic mass is 9.96. The molecule has 2 aromatic carbocycles. The molecular weight excluding hydrogens is 430 g/mol. The Kier molecular flexibility index (Phi) is 7.40. The number of piperidine rings is 1. The first-order valence-electron chi connectivity index (χ1n) is 10.6. The Balaban J connectivity index is 1.87. The largest absolute Gasteiger partial charge is 0.494 e. The third-order valence-electron chi connectivity index (χ3n) is 5.57. The number of ether oxygens (including phenoxy) is 1. The number of amides is 2. The predicted octanol–water partition coefficient (Wildman–Crippen LogP) is 2.31. The number of likely N-dealkylation sites (tertiary alicyclic amines) is 1. The summed E-state index contributed by atoms with van der Waals surface area (Å²) in [5, 5.41) is 0. The number of hydrogen-bond donors (Lipinski definition) is 1. The lowest BCUT2D eigenvalue weighted by Gasteiger charge is -2.33. The summed E-state index contributed by atoms with van der Waals surface area (Å²) in [5.41, 5.74) is 6.68. The second-order valence-corrected chi connectivity index (χ2v) is 9.67. The van der Waals surface area contributed by atoms with Crippen LogP contribution in [0.2, 0.25) is 0 Å². The Morgan fingerprint density at radius 2 is 1.66 bits per heavy atom. The van der Waals surface area contributed by atoms with Gasteiger partial charge in [-0.3, -0.25) is 13.9 Å². The molecule has 0 spiro atoms. The Hall–Kier alpha value is -3.07. The van der Waals surface area contributed by atoms with Crippen LogP contribution in [0.15, 0.2) is 53.4 Å². The van der Waals surface area contributed by atoms with Crippen molar-refractivity contribution in [3.05, 3.63) is 54.1 Å². The van der Waals surface area contributed by atoms with Crippen LogP contribution in [0, 0.1) is 12.8 Å². The van der Waals surface area contributed by atoms with Crippen molar-refractivity contribution < 1.29 is 22.7 Å². The van der Waals surface area contributed by atoms with E-state index >= 15 is 0 Å². The van der Waals surface area contributed by atoms with Crippen LogP contribution in [0.25, 0.3) is 0 Å². The molecule has 2 aromatic rings. The lowest BCUT2D eigenvalue weighted by Crippen LogP contribution is -2.47. The molecule has 0 aromatic heterocycles. The second-order valence-electron chi connectivity index (χ2n) is 7.81. The molecule has 0 saturated carbocycles. The number of hydrogen-bond acceptors (Lipinski definition) is 5. The standard InChI is InChI=1S/C23H29N3O5S/c1-3-31-20-8-6-19(7-9-20)26(32(29,30)21-10-4-17(2)5-11-21)16-22(27)25-14-12-18(13-15-25)23(24)28/h4-11,18H,3,12-16H2,1-2H3,(H2,24,28). The maximum Gasteiger partial charge on any atom is 0.264 e. The van der Waals surface area contributed by atoms with Crippen molar-refractivity contribution in [3.8, 4) is 5.75 Å². The Morgan fingerprint density at radius 3 is 2.19 bits per heavy atom. The van der Waals surface area contributed by atoms with Gasteiger partial charge in [-0.2, -0.15) is 0 Å². The number of rotatable bonds is 8. The minimum atomic E-state index is -3.98. The Morgan fingerprint density at radius 1 is 1.06 bits per heavy atom. The molecule has 0 unspecified atom stereocenters. The fourth-order valence-electron chi connectivity index (χ4n) is 3.66. The van der Waals surface area contributed by atoms with Gasteiger partial charge < -0.3 is 15.4 Å². The zero-order valence-corrected chi connectivity index (χ0v) is 19.2. The van der Waals surface area contributed by atoms with Gasteiger partial charge in [0.15, 0.2) is 0 Å². The molecular formula is C23H29N3O5S. The van der Waals surface area contributed by atoms with Gasteiger partial charge in [-0.05, 0) is 63.1 Å². The summed E-state index contributed by atoms with van der Waals surface area (Å²) in [5.74, 6) is -0.325. The summed E-state index contributed by atoms with van der Waals surface area (Å²) >= 11 is 0. The second kappa shape index (κ2) is 10.0. The number of primary amides is 1. The van der Waals surface area contributed by atoms with Crippen LogP contribution in [0.4, 0.5) is 5.69 Å². The molecule has 0 radical (unpaired) electrons. The van der Waals surface area contributed by atoms with Crippen LogP contribution in [0.5, 0.6) is 5.75 Å². The highest BCUT2D eigenvalue weighted by molar-refractivity contribution is 7.92. The molecule has 1 aliphatic heterocycles. The summed E-state index contributed by atoms with van der Waals surface area (Å²) in [4.78, 5) is 26.1. The first kappa shape index (κ1) is 23.6. The molecule has 1 saturated heterocycles. The SMILES string of the molecule is CCOc1ccc(N(CC(=O)N2CCC(C(N)=O)CC2)S(=O)(=O)c2ccc(C)cc2)cc1. The van der Waals surface area contributed by atoms with Crippen molar-refractivity contribution in [2.75, 3.05) is 30.5 Å². The van der Waals surface area contributed by atoms with Gasteiger partial charge in [0.05, 0.1) is 17.2 Å². The van der Waals surface area contributed by atoms with Crippen molar-refractivity contribution in [2.24, 2.45) is 11.7 Å². The van der Waals surface area contributed by atoms with Crippen LogP contribution in [0.1, 0.15) is 25.3 Å². The molecule has 2 amide bonds. The van der Waals surface area contributed by atoms with E-state index in [4.69, 9.17) is 10.5 Å². The first-order valence-corrected chi connectivity index (χ1v) is 12.1. The Labute approximate surface area is 189 Å². The molecule has 9 heteroatoms. The first-order chi connectivity index (χ1) is 15.2. The molecule has 172 valence electrons. The third-order valence-corrected chi connectivity index (χ3v) is 7.36. The monoisotopic (exact) mass is 459 g/mol. The smallest absolute Gasteiger partial charge is 0.264 e. The number of nitrogens with zero attached hydrogens (tertiary/aromatic N) is 2. The van der Waals surface area contributed by atoms with Crippen LogP contribution in [0.3, 0.4) is 0 Å². The molecule has 0 bridgehead atoms. The van der Waals surface area contributed by atoms with Crippen molar-refractivity contribution >= 4 is 27.5 Å². The number of aryl methyl sites for hydroxylation is 1. The predicted molar refractivity (Wildman–Crippen MR) is 122 cm³/mol. The summed E-state index contributed by atoms with van der Waals surface area (Å²) in [6, 6.07) is 13.1. The zero-order valence-electron chi connectivity index (χ0n) is 18.4. The summed E-state index contributed by atoms with van der Waals surface area (Å²) in [7, 11) is -3.98. The number of anilines is 1. The average Bonchev–Trinajstić information content (AvgIpc) is 2.78. The van der Waals surface area contributed by atoms with Crippen LogP contribution >= 0.6 is 0 Å². The van der Waals surface area contributed by atoms with Crippen LogP contribution in [-0.4, -0.2) is 51.4 Å². The van der Waals surface area contributed by atoms with Gasteiger partial charge in [0, 0.05) is 19.0 Å². The van der Waals surface area contributed by atoms with Gasteiger partial charge in [0.2, 0.25) is 11.8 Å². The van der Waals surface area contributed by atoms with Crippen LogP contribution in [-0.2, 0) is 19.6 Å². The van der Waals surface area contributed by atoms with Crippen LogP contribution < -0.4 is 14.8 Å². The quantitative estimate of drug-likeness (QED) is 0.651. The molecule has 32 heavy (non-hydrogen) atoms. The summed E-state index contributed by atoms with van der Waals surface area (Å²) in [6.45, 7) is 4.63. The molecule has 2 N–H and O–H groups in total. The van der Waals surface area contributed by atoms with E-state index in [1.54, 1.807) is 41.3 Å². The number of carbonyl (C=O) groups is 2. The summed E-state index contributed by atoms with van der Waals surface area (Å²) in [6.07, 6.45) is 0.962. The van der Waals surface area contributed by atoms with E-state index in [1.165, 1.54) is 12.1 Å². The molecule has 0 aliphatic carbocycles. The van der Waals surface area contributed by atoms with Crippen molar-refractivity contribution in [2.45, 2.75) is 31.6 Å². The van der Waals surface area contributed by atoms with Gasteiger partial charge >= 0.3 is 0 Å². The highest BCUT2D eigenvalue weighted by Crippen LogP contribution is 2.27. The molecule has 0 atom stereocenters. The lowest BCUT2D eigenvalue weighted by molar-refractivity contribution is -0.133. The van der Waals surface area contributed by atoms with Crippen molar-refractivity contribution in [3.63, 3.8) is 0 Å². The number of sulfonamides is 1. The van der Waals surface area contributed by atoms with Crippen molar-refractivity contribution in [1.29, 1.82) is 0 Å². The van der Waals surface area contributed by atoms with E-state index in [1.807, 2.05) is 13.8 Å². The summed E-state index contributed by atoms with van der Waals surface area (Å²) < 4.78 is 33.5. The zero-order chi connectivity index (χ0) is 23.3. The average molecular weight is 460 g/mol. The van der Waals surface area contributed by atoms with E-state index in [-0.39, 0.29) is 29.2 Å². The van der Waals surface area contributed by atoms with Gasteiger partial charge in [0.25, 0.3) is 10.0 Å². The van der Waals surface area contributed by atoms with E-state index in [9.17, 15) is 18.0 Å². The molecule has 3 rings (SSSR count). The maximum absolute atomic E-state index is 13.5. The minimum absolute atomic E-state index is 0.109. The van der Waals surface area contributed by atoms with E-state index in [0.29, 0.717) is 44.0 Å². The normalized spacial score (nSPS) is 14.8. The van der Waals surface area contributed by atoms with Gasteiger partial charge in [-0.1, -0.05) is 17.7 Å². The minimum Gasteiger partial charge on any atom is -0.494 e.